The Balaban J connectivity index is 1.82. The summed E-state index contributed by atoms with van der Waals surface area (Å²) in [4.78, 5) is 26.7. The fraction of sp³-hybridized carbons (Fsp3) is 0.400. The molecule has 1 atom stereocenters. The number of likely N-dealkylation sites (N-methyl/N-ethyl adjacent to an activating group) is 1. The summed E-state index contributed by atoms with van der Waals surface area (Å²) in [6.45, 7) is 6.35. The molecule has 5 nitrogen and oxygen atoms in total. The van der Waals surface area contributed by atoms with Gasteiger partial charge in [0.25, 0.3) is 5.91 Å². The molecule has 5 heteroatoms. The van der Waals surface area contributed by atoms with E-state index in [1.807, 2.05) is 36.4 Å². The SMILES string of the molecule is CCN1CCCC1CNC(=O)c1cc2ccccc2cc1NC(C)=O. The highest BCUT2D eigenvalue weighted by atomic mass is 16.2. The van der Waals surface area contributed by atoms with Crippen LogP contribution in [0.2, 0.25) is 0 Å². The van der Waals surface area contributed by atoms with Gasteiger partial charge in [0, 0.05) is 19.5 Å². The molecule has 2 N–H and O–H groups in total. The number of hydrogen-bond donors (Lipinski definition) is 2. The number of benzene rings is 2. The normalized spacial score (nSPS) is 17.6. The van der Waals surface area contributed by atoms with Gasteiger partial charge >= 0.3 is 0 Å². The molecule has 0 saturated carbocycles. The summed E-state index contributed by atoms with van der Waals surface area (Å²) in [7, 11) is 0. The van der Waals surface area contributed by atoms with Crippen LogP contribution in [-0.4, -0.2) is 42.4 Å². The van der Waals surface area contributed by atoms with Crippen molar-refractivity contribution in [1.29, 1.82) is 0 Å². The Hall–Kier alpha value is -2.40. The number of rotatable bonds is 5. The van der Waals surface area contributed by atoms with E-state index in [4.69, 9.17) is 0 Å². The fourth-order valence-electron chi connectivity index (χ4n) is 3.57. The molecule has 2 aromatic rings. The monoisotopic (exact) mass is 339 g/mol. The lowest BCUT2D eigenvalue weighted by Crippen LogP contribution is -2.40. The summed E-state index contributed by atoms with van der Waals surface area (Å²) < 4.78 is 0. The summed E-state index contributed by atoms with van der Waals surface area (Å²) in [5.41, 5.74) is 1.07. The number of carbonyl (C=O) groups is 2. The molecule has 0 bridgehead atoms. The summed E-state index contributed by atoms with van der Waals surface area (Å²) in [5, 5.41) is 7.82. The molecule has 132 valence electrons. The fourth-order valence-corrected chi connectivity index (χ4v) is 3.57. The van der Waals surface area contributed by atoms with Crippen LogP contribution in [0.4, 0.5) is 5.69 Å². The van der Waals surface area contributed by atoms with Gasteiger partial charge in [-0.2, -0.15) is 0 Å². The smallest absolute Gasteiger partial charge is 0.253 e. The molecule has 1 saturated heterocycles. The first-order chi connectivity index (χ1) is 12.1. The van der Waals surface area contributed by atoms with Crippen LogP contribution in [0.25, 0.3) is 10.8 Å². The quantitative estimate of drug-likeness (QED) is 0.880. The van der Waals surface area contributed by atoms with E-state index in [2.05, 4.69) is 22.5 Å². The van der Waals surface area contributed by atoms with Crippen molar-refractivity contribution in [3.63, 3.8) is 0 Å². The maximum absolute atomic E-state index is 12.8. The molecule has 1 aliphatic rings. The second-order valence-corrected chi connectivity index (χ2v) is 6.56. The number of hydrogen-bond acceptors (Lipinski definition) is 3. The summed E-state index contributed by atoms with van der Waals surface area (Å²) in [5.74, 6) is -0.324. The minimum atomic E-state index is -0.183. The number of likely N-dealkylation sites (tertiary alicyclic amines) is 1. The lowest BCUT2D eigenvalue weighted by atomic mass is 10.0. The molecule has 1 aliphatic heterocycles. The highest BCUT2D eigenvalue weighted by molar-refractivity contribution is 6.07. The standard InChI is InChI=1S/C20H25N3O2/c1-3-23-10-6-9-17(23)13-21-20(25)18-11-15-7-4-5-8-16(15)12-19(18)22-14(2)24/h4-5,7-8,11-12,17H,3,6,9-10,13H2,1-2H3,(H,21,25)(H,22,24). The van der Waals surface area contributed by atoms with E-state index in [1.165, 1.54) is 13.3 Å². The van der Waals surface area contributed by atoms with Crippen LogP contribution in [0.1, 0.15) is 37.0 Å². The Morgan fingerprint density at radius 2 is 1.92 bits per heavy atom. The van der Waals surface area contributed by atoms with Gasteiger partial charge in [0.05, 0.1) is 11.3 Å². The van der Waals surface area contributed by atoms with Crippen LogP contribution in [0, 0.1) is 0 Å². The van der Waals surface area contributed by atoms with Gasteiger partial charge < -0.3 is 10.6 Å². The zero-order valence-corrected chi connectivity index (χ0v) is 14.8. The number of nitrogens with one attached hydrogen (secondary N) is 2. The van der Waals surface area contributed by atoms with Gasteiger partial charge in [0.2, 0.25) is 5.91 Å². The molecular formula is C20H25N3O2. The Bertz CT molecular complexity index is 788. The lowest BCUT2D eigenvalue weighted by Gasteiger charge is -2.23. The molecule has 3 rings (SSSR count). The molecule has 2 aromatic carbocycles. The van der Waals surface area contributed by atoms with Gasteiger partial charge in [-0.05, 0) is 48.8 Å². The van der Waals surface area contributed by atoms with E-state index in [0.29, 0.717) is 23.8 Å². The minimum Gasteiger partial charge on any atom is -0.350 e. The summed E-state index contributed by atoms with van der Waals surface area (Å²) in [6.07, 6.45) is 2.30. The molecule has 25 heavy (non-hydrogen) atoms. The highest BCUT2D eigenvalue weighted by Gasteiger charge is 2.24. The van der Waals surface area contributed by atoms with Crippen LogP contribution in [0.3, 0.4) is 0 Å². The van der Waals surface area contributed by atoms with Crippen molar-refractivity contribution in [1.82, 2.24) is 10.2 Å². The van der Waals surface area contributed by atoms with Gasteiger partial charge in [-0.25, -0.2) is 0 Å². The van der Waals surface area contributed by atoms with Crippen LogP contribution in [0.5, 0.6) is 0 Å². The zero-order valence-electron chi connectivity index (χ0n) is 14.8. The number of anilines is 1. The molecular weight excluding hydrogens is 314 g/mol. The van der Waals surface area contributed by atoms with Crippen molar-refractivity contribution in [3.8, 4) is 0 Å². The molecule has 0 aromatic heterocycles. The van der Waals surface area contributed by atoms with E-state index in [0.717, 1.165) is 30.3 Å². The third-order valence-corrected chi connectivity index (χ3v) is 4.84. The van der Waals surface area contributed by atoms with Crippen LogP contribution in [-0.2, 0) is 4.79 Å². The Morgan fingerprint density at radius 1 is 1.20 bits per heavy atom. The second-order valence-electron chi connectivity index (χ2n) is 6.56. The summed E-state index contributed by atoms with van der Waals surface area (Å²) in [6, 6.07) is 11.9. The molecule has 1 unspecified atom stereocenters. The number of amides is 2. The first kappa shape index (κ1) is 17.4. The average molecular weight is 339 g/mol. The largest absolute Gasteiger partial charge is 0.350 e. The van der Waals surface area contributed by atoms with Gasteiger partial charge in [0.15, 0.2) is 0 Å². The molecule has 0 aliphatic carbocycles. The van der Waals surface area contributed by atoms with Gasteiger partial charge in [-0.15, -0.1) is 0 Å². The van der Waals surface area contributed by atoms with Gasteiger partial charge in [-0.3, -0.25) is 14.5 Å². The molecule has 0 radical (unpaired) electrons. The van der Waals surface area contributed by atoms with Crippen molar-refractivity contribution < 1.29 is 9.59 Å². The minimum absolute atomic E-state index is 0.141. The Labute approximate surface area is 148 Å². The first-order valence-corrected chi connectivity index (χ1v) is 8.91. The third-order valence-electron chi connectivity index (χ3n) is 4.84. The summed E-state index contributed by atoms with van der Waals surface area (Å²) >= 11 is 0. The maximum Gasteiger partial charge on any atom is 0.253 e. The lowest BCUT2D eigenvalue weighted by molar-refractivity contribution is -0.114. The number of fused-ring (bicyclic) bond motifs is 1. The van der Waals surface area contributed by atoms with Crippen molar-refractivity contribution in [2.24, 2.45) is 0 Å². The van der Waals surface area contributed by atoms with Crippen molar-refractivity contribution in [2.45, 2.75) is 32.7 Å². The van der Waals surface area contributed by atoms with E-state index in [-0.39, 0.29) is 11.8 Å². The van der Waals surface area contributed by atoms with Gasteiger partial charge in [0.1, 0.15) is 0 Å². The molecule has 1 heterocycles. The van der Waals surface area contributed by atoms with Crippen molar-refractivity contribution in [2.75, 3.05) is 25.0 Å². The van der Waals surface area contributed by atoms with E-state index < -0.39 is 0 Å². The van der Waals surface area contributed by atoms with Crippen LogP contribution in [0.15, 0.2) is 36.4 Å². The van der Waals surface area contributed by atoms with Crippen molar-refractivity contribution >= 4 is 28.3 Å². The first-order valence-electron chi connectivity index (χ1n) is 8.91. The topological polar surface area (TPSA) is 61.4 Å². The number of carbonyl (C=O) groups excluding carboxylic acids is 2. The van der Waals surface area contributed by atoms with E-state index in [9.17, 15) is 9.59 Å². The average Bonchev–Trinajstić information content (AvgIpc) is 3.06. The predicted octanol–water partition coefficient (Wildman–Crippen LogP) is 3.01. The van der Waals surface area contributed by atoms with E-state index >= 15 is 0 Å². The van der Waals surface area contributed by atoms with E-state index in [1.54, 1.807) is 0 Å². The third kappa shape index (κ3) is 3.99. The van der Waals surface area contributed by atoms with Crippen LogP contribution < -0.4 is 10.6 Å². The second kappa shape index (κ2) is 7.66. The highest BCUT2D eigenvalue weighted by Crippen LogP contribution is 2.24. The Morgan fingerprint density at radius 3 is 2.60 bits per heavy atom. The molecule has 0 spiro atoms. The van der Waals surface area contributed by atoms with Crippen LogP contribution >= 0.6 is 0 Å². The number of nitrogens with zero attached hydrogens (tertiary/aromatic N) is 1. The predicted molar refractivity (Wildman–Crippen MR) is 101 cm³/mol. The molecule has 1 fully saturated rings. The Kier molecular flexibility index (Phi) is 5.34. The zero-order chi connectivity index (χ0) is 17.8. The molecule has 2 amide bonds. The maximum atomic E-state index is 12.8. The van der Waals surface area contributed by atoms with Crippen molar-refractivity contribution in [3.05, 3.63) is 42.0 Å². The van der Waals surface area contributed by atoms with Gasteiger partial charge in [-0.1, -0.05) is 31.2 Å².